The number of nitriles is 1. The summed E-state index contributed by atoms with van der Waals surface area (Å²) in [6.07, 6.45) is -3.13. The van der Waals surface area contributed by atoms with Gasteiger partial charge in [-0.05, 0) is 48.5 Å². The van der Waals surface area contributed by atoms with E-state index in [9.17, 15) is 18.0 Å². The summed E-state index contributed by atoms with van der Waals surface area (Å²) in [5, 5.41) is 14.3. The number of benzene rings is 2. The van der Waals surface area contributed by atoms with E-state index in [0.29, 0.717) is 17.1 Å². The average Bonchev–Trinajstić information content (AvgIpc) is 2.68. The fourth-order valence-electron chi connectivity index (χ4n) is 2.39. The minimum absolute atomic E-state index is 0.229. The number of halogens is 3. The fraction of sp³-hybridized carbons (Fsp3) is 0.0500. The number of aromatic nitrogens is 1. The molecule has 0 atom stereocenters. The minimum Gasteiger partial charge on any atom is -0.340 e. The molecule has 0 saturated heterocycles. The van der Waals surface area contributed by atoms with E-state index in [0.717, 1.165) is 12.1 Å². The highest BCUT2D eigenvalue weighted by molar-refractivity contribution is 6.04. The average molecular weight is 382 g/mol. The maximum atomic E-state index is 12.8. The summed E-state index contributed by atoms with van der Waals surface area (Å²) in [6, 6.07) is 16.1. The number of hydrogen-bond donors (Lipinski definition) is 2. The van der Waals surface area contributed by atoms with E-state index in [2.05, 4.69) is 15.6 Å². The summed E-state index contributed by atoms with van der Waals surface area (Å²) in [6.45, 7) is 0. The number of rotatable bonds is 4. The third kappa shape index (κ3) is 4.65. The van der Waals surface area contributed by atoms with Gasteiger partial charge in [0.15, 0.2) is 0 Å². The SMILES string of the molecule is N#Cc1cccc(NC(=O)c2ccc(Nc3cccc(C(F)(F)F)c3)nc2)c1. The van der Waals surface area contributed by atoms with Crippen molar-refractivity contribution in [1.29, 1.82) is 5.26 Å². The molecule has 0 spiro atoms. The fourth-order valence-corrected chi connectivity index (χ4v) is 2.39. The molecule has 8 heteroatoms. The molecular formula is C20H13F3N4O. The van der Waals surface area contributed by atoms with E-state index in [4.69, 9.17) is 5.26 Å². The maximum absolute atomic E-state index is 12.8. The number of hydrogen-bond acceptors (Lipinski definition) is 4. The summed E-state index contributed by atoms with van der Waals surface area (Å²) in [5.74, 6) is -0.129. The summed E-state index contributed by atoms with van der Waals surface area (Å²) in [4.78, 5) is 16.3. The monoisotopic (exact) mass is 382 g/mol. The zero-order valence-corrected chi connectivity index (χ0v) is 14.3. The molecule has 0 fully saturated rings. The molecule has 0 radical (unpaired) electrons. The van der Waals surface area contributed by atoms with Gasteiger partial charge in [-0.3, -0.25) is 4.79 Å². The molecule has 5 nitrogen and oxygen atoms in total. The molecule has 28 heavy (non-hydrogen) atoms. The molecular weight excluding hydrogens is 369 g/mol. The van der Waals surface area contributed by atoms with Crippen molar-refractivity contribution in [2.45, 2.75) is 6.18 Å². The second-order valence-corrected chi connectivity index (χ2v) is 5.78. The van der Waals surface area contributed by atoms with Crippen LogP contribution in [0.3, 0.4) is 0 Å². The molecule has 0 aliphatic heterocycles. The zero-order valence-electron chi connectivity index (χ0n) is 14.3. The Bertz CT molecular complexity index is 1040. The van der Waals surface area contributed by atoms with Crippen LogP contribution < -0.4 is 10.6 Å². The van der Waals surface area contributed by atoms with Crippen LogP contribution in [-0.4, -0.2) is 10.9 Å². The van der Waals surface area contributed by atoms with Gasteiger partial charge in [0, 0.05) is 17.6 Å². The molecule has 3 aromatic rings. The molecule has 1 amide bonds. The van der Waals surface area contributed by atoms with Gasteiger partial charge in [-0.1, -0.05) is 12.1 Å². The number of nitrogens with one attached hydrogen (secondary N) is 2. The molecule has 1 heterocycles. The van der Waals surface area contributed by atoms with E-state index in [-0.39, 0.29) is 11.3 Å². The number of carbonyl (C=O) groups is 1. The maximum Gasteiger partial charge on any atom is 0.416 e. The van der Waals surface area contributed by atoms with Crippen LogP contribution in [0, 0.1) is 11.3 Å². The molecule has 0 aliphatic carbocycles. The van der Waals surface area contributed by atoms with Gasteiger partial charge in [0.1, 0.15) is 5.82 Å². The predicted molar refractivity (Wildman–Crippen MR) is 98.1 cm³/mol. The van der Waals surface area contributed by atoms with E-state index >= 15 is 0 Å². The number of carbonyl (C=O) groups excluding carboxylic acids is 1. The predicted octanol–water partition coefficient (Wildman–Crippen LogP) is 4.97. The first-order valence-electron chi connectivity index (χ1n) is 8.07. The summed E-state index contributed by atoms with van der Waals surface area (Å²) in [5.41, 5.74) is 0.602. The van der Waals surface area contributed by atoms with Gasteiger partial charge in [0.25, 0.3) is 5.91 Å². The molecule has 140 valence electrons. The van der Waals surface area contributed by atoms with Crippen molar-refractivity contribution in [3.8, 4) is 6.07 Å². The first-order valence-corrected chi connectivity index (χ1v) is 8.07. The second-order valence-electron chi connectivity index (χ2n) is 5.78. The third-order valence-corrected chi connectivity index (χ3v) is 3.74. The number of amides is 1. The Morgan fingerprint density at radius 1 is 1.00 bits per heavy atom. The van der Waals surface area contributed by atoms with Crippen molar-refractivity contribution >= 4 is 23.1 Å². The standard InChI is InChI=1S/C20H13F3N4O/c21-20(22,23)15-4-2-6-17(10-15)26-18-8-7-14(12-25-18)19(28)27-16-5-1-3-13(9-16)11-24/h1-10,12H,(H,25,26)(H,27,28). The first-order chi connectivity index (χ1) is 13.3. The Morgan fingerprint density at radius 3 is 2.43 bits per heavy atom. The van der Waals surface area contributed by atoms with Crippen LogP contribution in [0.15, 0.2) is 66.9 Å². The van der Waals surface area contributed by atoms with Crippen LogP contribution in [0.25, 0.3) is 0 Å². The highest BCUT2D eigenvalue weighted by Gasteiger charge is 2.30. The van der Waals surface area contributed by atoms with E-state index in [1.54, 1.807) is 18.2 Å². The Hall–Kier alpha value is -3.86. The summed E-state index contributed by atoms with van der Waals surface area (Å²) in [7, 11) is 0. The summed E-state index contributed by atoms with van der Waals surface area (Å²) < 4.78 is 38.3. The Kier molecular flexibility index (Phi) is 5.27. The Labute approximate surface area is 158 Å². The third-order valence-electron chi connectivity index (χ3n) is 3.74. The van der Waals surface area contributed by atoms with Crippen molar-refractivity contribution in [3.63, 3.8) is 0 Å². The van der Waals surface area contributed by atoms with Crippen LogP contribution in [0.5, 0.6) is 0 Å². The highest BCUT2D eigenvalue weighted by Crippen LogP contribution is 2.31. The minimum atomic E-state index is -4.43. The number of pyridine rings is 1. The number of nitrogens with zero attached hydrogens (tertiary/aromatic N) is 2. The van der Waals surface area contributed by atoms with Crippen LogP contribution in [0.4, 0.5) is 30.4 Å². The largest absolute Gasteiger partial charge is 0.416 e. The Morgan fingerprint density at radius 2 is 1.75 bits per heavy atom. The first kappa shape index (κ1) is 18.9. The van der Waals surface area contributed by atoms with E-state index in [1.807, 2.05) is 6.07 Å². The van der Waals surface area contributed by atoms with Gasteiger partial charge in [-0.15, -0.1) is 0 Å². The van der Waals surface area contributed by atoms with Crippen LogP contribution in [-0.2, 0) is 6.18 Å². The smallest absolute Gasteiger partial charge is 0.340 e. The topological polar surface area (TPSA) is 77.8 Å². The number of alkyl halides is 3. The molecule has 0 bridgehead atoms. The lowest BCUT2D eigenvalue weighted by atomic mass is 10.2. The van der Waals surface area contributed by atoms with Gasteiger partial charge in [0.05, 0.1) is 22.8 Å². The lowest BCUT2D eigenvalue weighted by Gasteiger charge is -2.10. The van der Waals surface area contributed by atoms with Crippen LogP contribution in [0.1, 0.15) is 21.5 Å². The Balaban J connectivity index is 1.69. The van der Waals surface area contributed by atoms with Crippen molar-refractivity contribution in [2.75, 3.05) is 10.6 Å². The normalized spacial score (nSPS) is 10.8. The van der Waals surface area contributed by atoms with Crippen molar-refractivity contribution in [2.24, 2.45) is 0 Å². The van der Waals surface area contributed by atoms with Crippen LogP contribution >= 0.6 is 0 Å². The molecule has 0 saturated carbocycles. The summed E-state index contributed by atoms with van der Waals surface area (Å²) >= 11 is 0. The van der Waals surface area contributed by atoms with Gasteiger partial charge < -0.3 is 10.6 Å². The molecule has 0 unspecified atom stereocenters. The van der Waals surface area contributed by atoms with Gasteiger partial charge in [-0.2, -0.15) is 18.4 Å². The number of anilines is 3. The molecule has 1 aromatic heterocycles. The molecule has 2 aromatic carbocycles. The quantitative estimate of drug-likeness (QED) is 0.668. The van der Waals surface area contributed by atoms with Gasteiger partial charge in [-0.25, -0.2) is 4.98 Å². The second kappa shape index (κ2) is 7.80. The zero-order chi connectivity index (χ0) is 20.1. The molecule has 3 rings (SSSR count). The van der Waals surface area contributed by atoms with Gasteiger partial charge >= 0.3 is 6.18 Å². The van der Waals surface area contributed by atoms with Crippen molar-refractivity contribution < 1.29 is 18.0 Å². The van der Waals surface area contributed by atoms with Crippen molar-refractivity contribution in [1.82, 2.24) is 4.98 Å². The van der Waals surface area contributed by atoms with E-state index in [1.165, 1.54) is 36.5 Å². The lowest BCUT2D eigenvalue weighted by molar-refractivity contribution is -0.137. The van der Waals surface area contributed by atoms with Crippen LogP contribution in [0.2, 0.25) is 0 Å². The molecule has 2 N–H and O–H groups in total. The molecule has 0 aliphatic rings. The van der Waals surface area contributed by atoms with Crippen molar-refractivity contribution in [3.05, 3.63) is 83.6 Å². The van der Waals surface area contributed by atoms with E-state index < -0.39 is 17.6 Å². The van der Waals surface area contributed by atoms with Gasteiger partial charge in [0.2, 0.25) is 0 Å². The lowest BCUT2D eigenvalue weighted by Crippen LogP contribution is -2.12. The highest BCUT2D eigenvalue weighted by atomic mass is 19.4.